The molecule has 1 aromatic carbocycles. The topological polar surface area (TPSA) is 63.4 Å². The van der Waals surface area contributed by atoms with Crippen LogP contribution < -0.4 is 0 Å². The van der Waals surface area contributed by atoms with Gasteiger partial charge in [-0.3, -0.25) is 19.1 Å². The van der Waals surface area contributed by atoms with Gasteiger partial charge in [-0.25, -0.2) is 0 Å². The van der Waals surface area contributed by atoms with E-state index in [0.717, 1.165) is 38.1 Å². The highest BCUT2D eigenvalue weighted by Gasteiger charge is 2.21. The van der Waals surface area contributed by atoms with Crippen LogP contribution in [0.25, 0.3) is 5.65 Å². The lowest BCUT2D eigenvalue weighted by atomic mass is 9.90. The van der Waals surface area contributed by atoms with Gasteiger partial charge in [-0.2, -0.15) is 0 Å². The summed E-state index contributed by atoms with van der Waals surface area (Å²) in [5.74, 6) is 0.471. The first-order valence-electron chi connectivity index (χ1n) is 10.4. The first-order valence-corrected chi connectivity index (χ1v) is 10.8. The number of rotatable bonds is 5. The number of hydrogen-bond acceptors (Lipinski definition) is 5. The maximum atomic E-state index is 12.6. The van der Waals surface area contributed by atoms with Crippen LogP contribution in [0.1, 0.15) is 45.9 Å². The molecule has 0 amide bonds. The number of carbonyl (C=O) groups is 1. The largest absolute Gasteiger partial charge is 0.299 e. The summed E-state index contributed by atoms with van der Waals surface area (Å²) in [7, 11) is 0. The number of likely N-dealkylation sites (tertiary alicyclic amines) is 1. The summed E-state index contributed by atoms with van der Waals surface area (Å²) in [6.45, 7) is 3.00. The monoisotopic (exact) mass is 431 g/mol. The van der Waals surface area contributed by atoms with Gasteiger partial charge in [0.1, 0.15) is 12.0 Å². The lowest BCUT2D eigenvalue weighted by molar-refractivity contribution is 0.103. The highest BCUT2D eigenvalue weighted by Crippen LogP contribution is 2.29. The van der Waals surface area contributed by atoms with E-state index < -0.39 is 0 Å². The van der Waals surface area contributed by atoms with Gasteiger partial charge in [-0.15, -0.1) is 10.2 Å². The molecule has 31 heavy (non-hydrogen) atoms. The molecule has 4 heterocycles. The maximum absolute atomic E-state index is 12.6. The van der Waals surface area contributed by atoms with Crippen LogP contribution in [0.2, 0.25) is 5.02 Å². The number of pyridine rings is 2. The lowest BCUT2D eigenvalue weighted by Crippen LogP contribution is -2.32. The van der Waals surface area contributed by atoms with Crippen molar-refractivity contribution in [1.82, 2.24) is 24.5 Å². The standard InChI is InChI=1S/C24H22ClN5O/c25-21-5-6-22(26-14-21)24(31)19-3-1-17(2-4-19)15-29-10-7-18(8-11-29)20-9-12-30-16-27-28-23(30)13-20/h1-6,9,12-14,16,18H,7-8,10-11,15H2. The third-order valence-corrected chi connectivity index (χ3v) is 6.19. The van der Waals surface area contributed by atoms with Crippen molar-refractivity contribution < 1.29 is 4.79 Å². The minimum atomic E-state index is -0.0892. The van der Waals surface area contributed by atoms with E-state index in [9.17, 15) is 4.79 Å². The molecule has 0 bridgehead atoms. The van der Waals surface area contributed by atoms with Crippen molar-refractivity contribution in [2.75, 3.05) is 13.1 Å². The Hall–Kier alpha value is -3.09. The minimum Gasteiger partial charge on any atom is -0.299 e. The van der Waals surface area contributed by atoms with E-state index in [-0.39, 0.29) is 5.78 Å². The van der Waals surface area contributed by atoms with E-state index in [1.807, 2.05) is 34.9 Å². The quantitative estimate of drug-likeness (QED) is 0.438. The molecule has 0 unspecified atom stereocenters. The SMILES string of the molecule is O=C(c1ccc(CN2CCC(c3ccn4cnnc4c3)CC2)cc1)c1ccc(Cl)cn1. The van der Waals surface area contributed by atoms with E-state index in [1.165, 1.54) is 17.3 Å². The third-order valence-electron chi connectivity index (χ3n) is 5.97. The van der Waals surface area contributed by atoms with Crippen molar-refractivity contribution in [2.24, 2.45) is 0 Å². The number of aromatic nitrogens is 4. The first kappa shape index (κ1) is 19.8. The van der Waals surface area contributed by atoms with Crippen LogP contribution in [0.5, 0.6) is 0 Å². The fraction of sp³-hybridized carbons (Fsp3) is 0.250. The van der Waals surface area contributed by atoms with Crippen LogP contribution >= 0.6 is 11.6 Å². The van der Waals surface area contributed by atoms with E-state index in [4.69, 9.17) is 11.6 Å². The molecular formula is C24H22ClN5O. The van der Waals surface area contributed by atoms with E-state index >= 15 is 0 Å². The molecule has 1 saturated heterocycles. The summed E-state index contributed by atoms with van der Waals surface area (Å²) in [5.41, 5.74) is 4.51. The maximum Gasteiger partial charge on any atom is 0.211 e. The predicted molar refractivity (Wildman–Crippen MR) is 119 cm³/mol. The third kappa shape index (κ3) is 4.36. The Morgan fingerprint density at radius 3 is 2.61 bits per heavy atom. The van der Waals surface area contributed by atoms with E-state index in [1.54, 1.807) is 18.5 Å². The predicted octanol–water partition coefficient (Wildman–Crippen LogP) is 4.39. The van der Waals surface area contributed by atoms with Crippen LogP contribution in [0.4, 0.5) is 0 Å². The molecule has 1 aliphatic rings. The molecule has 3 aromatic heterocycles. The Morgan fingerprint density at radius 2 is 1.87 bits per heavy atom. The Balaban J connectivity index is 1.18. The van der Waals surface area contributed by atoms with Crippen LogP contribution in [-0.2, 0) is 6.54 Å². The summed E-state index contributed by atoms with van der Waals surface area (Å²) >= 11 is 5.85. The normalized spacial score (nSPS) is 15.4. The molecule has 5 rings (SSSR count). The number of fused-ring (bicyclic) bond motifs is 1. The van der Waals surface area contributed by atoms with E-state index in [0.29, 0.717) is 22.2 Å². The highest BCUT2D eigenvalue weighted by atomic mass is 35.5. The fourth-order valence-electron chi connectivity index (χ4n) is 4.19. The van der Waals surface area contributed by atoms with Crippen molar-refractivity contribution in [3.63, 3.8) is 0 Å². The van der Waals surface area contributed by atoms with Crippen molar-refractivity contribution in [1.29, 1.82) is 0 Å². The zero-order valence-corrected chi connectivity index (χ0v) is 17.7. The molecule has 1 aliphatic heterocycles. The highest BCUT2D eigenvalue weighted by molar-refractivity contribution is 6.30. The fourth-order valence-corrected chi connectivity index (χ4v) is 4.30. The summed E-state index contributed by atoms with van der Waals surface area (Å²) < 4.78 is 1.94. The average Bonchev–Trinajstić information content (AvgIpc) is 3.28. The summed E-state index contributed by atoms with van der Waals surface area (Å²) in [4.78, 5) is 19.2. The molecule has 0 atom stereocenters. The second-order valence-electron chi connectivity index (χ2n) is 7.99. The second kappa shape index (κ2) is 8.57. The minimum absolute atomic E-state index is 0.0892. The molecule has 0 spiro atoms. The molecule has 4 aromatic rings. The molecule has 6 nitrogen and oxygen atoms in total. The molecule has 7 heteroatoms. The Kier molecular flexibility index (Phi) is 5.49. The van der Waals surface area contributed by atoms with Gasteiger partial charge < -0.3 is 0 Å². The van der Waals surface area contributed by atoms with Crippen LogP contribution in [0.3, 0.4) is 0 Å². The van der Waals surface area contributed by atoms with Crippen molar-refractivity contribution >= 4 is 23.0 Å². The van der Waals surface area contributed by atoms with Crippen molar-refractivity contribution in [2.45, 2.75) is 25.3 Å². The summed E-state index contributed by atoms with van der Waals surface area (Å²) in [5, 5.41) is 8.64. The Labute approximate surface area is 185 Å². The number of nitrogens with zero attached hydrogens (tertiary/aromatic N) is 5. The van der Waals surface area contributed by atoms with Crippen LogP contribution in [0, 0.1) is 0 Å². The number of benzene rings is 1. The van der Waals surface area contributed by atoms with Gasteiger partial charge in [0.25, 0.3) is 0 Å². The zero-order valence-electron chi connectivity index (χ0n) is 17.0. The van der Waals surface area contributed by atoms with Gasteiger partial charge in [0.15, 0.2) is 5.65 Å². The molecule has 0 N–H and O–H groups in total. The average molecular weight is 432 g/mol. The molecule has 1 fully saturated rings. The number of ketones is 1. The van der Waals surface area contributed by atoms with E-state index in [2.05, 4.69) is 32.2 Å². The van der Waals surface area contributed by atoms with Crippen LogP contribution in [0.15, 0.2) is 67.3 Å². The summed E-state index contributed by atoms with van der Waals surface area (Å²) in [6.07, 6.45) is 7.52. The van der Waals surface area contributed by atoms with Crippen molar-refractivity contribution in [3.8, 4) is 0 Å². The second-order valence-corrected chi connectivity index (χ2v) is 8.43. The number of hydrogen-bond donors (Lipinski definition) is 0. The molecule has 0 radical (unpaired) electrons. The van der Waals surface area contributed by atoms with Gasteiger partial charge in [0, 0.05) is 24.5 Å². The van der Waals surface area contributed by atoms with Crippen molar-refractivity contribution in [3.05, 3.63) is 94.7 Å². The number of carbonyl (C=O) groups excluding carboxylic acids is 1. The molecule has 156 valence electrons. The first-order chi connectivity index (χ1) is 15.2. The lowest BCUT2D eigenvalue weighted by Gasteiger charge is -2.32. The smallest absolute Gasteiger partial charge is 0.211 e. The van der Waals surface area contributed by atoms with Gasteiger partial charge in [-0.05, 0) is 67.2 Å². The van der Waals surface area contributed by atoms with Gasteiger partial charge >= 0.3 is 0 Å². The Morgan fingerprint density at radius 1 is 1.06 bits per heavy atom. The zero-order chi connectivity index (χ0) is 21.2. The van der Waals surface area contributed by atoms with Gasteiger partial charge in [-0.1, -0.05) is 35.9 Å². The van der Waals surface area contributed by atoms with Crippen LogP contribution in [-0.4, -0.2) is 43.4 Å². The van der Waals surface area contributed by atoms with Gasteiger partial charge in [0.2, 0.25) is 5.78 Å². The Bertz CT molecular complexity index is 1190. The number of piperidine rings is 1. The van der Waals surface area contributed by atoms with Gasteiger partial charge in [0.05, 0.1) is 5.02 Å². The number of halogens is 1. The molecule has 0 aliphatic carbocycles. The molecular weight excluding hydrogens is 410 g/mol. The summed E-state index contributed by atoms with van der Waals surface area (Å²) in [6, 6.07) is 15.5. The molecule has 0 saturated carbocycles.